The Morgan fingerprint density at radius 2 is 2.00 bits per heavy atom. The van der Waals surface area contributed by atoms with Gasteiger partial charge in [0.05, 0.1) is 4.91 Å². The molecule has 0 radical (unpaired) electrons. The number of phenols is 1. The van der Waals surface area contributed by atoms with Crippen molar-refractivity contribution in [1.82, 2.24) is 9.80 Å². The van der Waals surface area contributed by atoms with Crippen LogP contribution in [-0.4, -0.2) is 64.8 Å². The van der Waals surface area contributed by atoms with Crippen molar-refractivity contribution in [3.63, 3.8) is 0 Å². The highest BCUT2D eigenvalue weighted by molar-refractivity contribution is 8.04. The molecule has 6 nitrogen and oxygen atoms in total. The third kappa shape index (κ3) is 5.49. The van der Waals surface area contributed by atoms with E-state index in [1.807, 2.05) is 51.9 Å². The van der Waals surface area contributed by atoms with Gasteiger partial charge in [-0.15, -0.1) is 11.8 Å². The lowest BCUT2D eigenvalue weighted by Gasteiger charge is -2.27. The molecule has 1 aliphatic rings. The number of benzene rings is 1. The predicted molar refractivity (Wildman–Crippen MR) is 109 cm³/mol. The summed E-state index contributed by atoms with van der Waals surface area (Å²) in [5, 5.41) is 19.7. The first-order valence-electron chi connectivity index (χ1n) is 8.85. The molecule has 0 atom stereocenters. The van der Waals surface area contributed by atoms with Gasteiger partial charge in [0, 0.05) is 30.0 Å². The van der Waals surface area contributed by atoms with Crippen LogP contribution < -0.4 is 0 Å². The summed E-state index contributed by atoms with van der Waals surface area (Å²) in [7, 11) is 3.87. The van der Waals surface area contributed by atoms with Crippen molar-refractivity contribution in [3.05, 3.63) is 33.7 Å². The van der Waals surface area contributed by atoms with E-state index >= 15 is 0 Å². The van der Waals surface area contributed by atoms with Crippen LogP contribution in [0.25, 0.3) is 6.08 Å². The van der Waals surface area contributed by atoms with Gasteiger partial charge in [-0.25, -0.2) is 0 Å². The zero-order chi connectivity index (χ0) is 20.4. The number of aromatic hydroxyl groups is 1. The number of carbonyl (C=O) groups excluding carboxylic acids is 1. The molecule has 0 aliphatic carbocycles. The van der Waals surface area contributed by atoms with E-state index in [4.69, 9.17) is 5.11 Å². The Kier molecular flexibility index (Phi) is 6.59. The molecular weight excluding hydrogens is 364 g/mol. The van der Waals surface area contributed by atoms with Crippen LogP contribution in [0.2, 0.25) is 0 Å². The second-order valence-corrected chi connectivity index (χ2v) is 9.18. The number of thioether (sulfide) groups is 1. The van der Waals surface area contributed by atoms with Gasteiger partial charge in [0.2, 0.25) is 0 Å². The number of phenolic OH excluding ortho intramolecular Hbond substituents is 1. The molecule has 0 aromatic heterocycles. The van der Waals surface area contributed by atoms with Gasteiger partial charge in [0.1, 0.15) is 12.3 Å². The SMILES string of the molecule is CN(C)Cc1cc(/C=C2/SCCN(CC(=O)O)C2=O)cc(C(C)(C)C)c1O. The highest BCUT2D eigenvalue weighted by Crippen LogP contribution is 2.36. The van der Waals surface area contributed by atoms with Crippen LogP contribution in [0.5, 0.6) is 5.75 Å². The summed E-state index contributed by atoms with van der Waals surface area (Å²) in [6.45, 7) is 6.83. The molecular formula is C20H28N2O4S. The van der Waals surface area contributed by atoms with Crippen molar-refractivity contribution in [2.45, 2.75) is 32.7 Å². The lowest BCUT2D eigenvalue weighted by Crippen LogP contribution is -2.40. The Labute approximate surface area is 164 Å². The molecule has 0 bridgehead atoms. The van der Waals surface area contributed by atoms with Gasteiger partial charge in [-0.2, -0.15) is 0 Å². The zero-order valence-electron chi connectivity index (χ0n) is 16.6. The molecule has 1 fully saturated rings. The van der Waals surface area contributed by atoms with E-state index in [9.17, 15) is 14.7 Å². The van der Waals surface area contributed by atoms with Crippen LogP contribution in [0.3, 0.4) is 0 Å². The summed E-state index contributed by atoms with van der Waals surface area (Å²) < 4.78 is 0. The normalized spacial score (nSPS) is 17.0. The monoisotopic (exact) mass is 392 g/mol. The quantitative estimate of drug-likeness (QED) is 0.750. The van der Waals surface area contributed by atoms with E-state index in [1.54, 1.807) is 6.08 Å². The second kappa shape index (κ2) is 8.35. The summed E-state index contributed by atoms with van der Waals surface area (Å²) in [6, 6.07) is 3.80. The Morgan fingerprint density at radius 1 is 1.33 bits per heavy atom. The molecule has 27 heavy (non-hydrogen) atoms. The third-order valence-corrected chi connectivity index (χ3v) is 5.24. The fourth-order valence-electron chi connectivity index (χ4n) is 2.99. The minimum atomic E-state index is -1.01. The Bertz CT molecular complexity index is 766. The fourth-order valence-corrected chi connectivity index (χ4v) is 3.99. The lowest BCUT2D eigenvalue weighted by atomic mass is 9.84. The number of hydrogen-bond acceptors (Lipinski definition) is 5. The molecule has 1 saturated heterocycles. The molecule has 0 unspecified atom stereocenters. The second-order valence-electron chi connectivity index (χ2n) is 8.04. The Balaban J connectivity index is 2.46. The van der Waals surface area contributed by atoms with E-state index in [2.05, 4.69) is 0 Å². The largest absolute Gasteiger partial charge is 0.507 e. The minimum Gasteiger partial charge on any atom is -0.507 e. The highest BCUT2D eigenvalue weighted by atomic mass is 32.2. The van der Waals surface area contributed by atoms with Crippen molar-refractivity contribution in [1.29, 1.82) is 0 Å². The first kappa shape index (κ1) is 21.3. The standard InChI is InChI=1S/C20H28N2O4S/c1-20(2,3)15-9-13(8-14(18(15)25)11-21(4)5)10-16-19(26)22(6-7-27-16)12-17(23)24/h8-10,25H,6-7,11-12H2,1-5H3,(H,23,24)/b16-10+. The van der Waals surface area contributed by atoms with Crippen molar-refractivity contribution in [2.75, 3.05) is 32.9 Å². The summed E-state index contributed by atoms with van der Waals surface area (Å²) in [5.74, 6) is -0.316. The molecule has 1 aliphatic heterocycles. The number of aliphatic carboxylic acids is 1. The van der Waals surface area contributed by atoms with Crippen LogP contribution in [-0.2, 0) is 21.5 Å². The predicted octanol–water partition coefficient (Wildman–Crippen LogP) is 2.75. The van der Waals surface area contributed by atoms with E-state index < -0.39 is 5.97 Å². The molecule has 2 N–H and O–H groups in total. The van der Waals surface area contributed by atoms with Crippen LogP contribution in [0.15, 0.2) is 17.0 Å². The van der Waals surface area contributed by atoms with Crippen molar-refractivity contribution in [3.8, 4) is 5.75 Å². The van der Waals surface area contributed by atoms with Crippen molar-refractivity contribution < 1.29 is 19.8 Å². The molecule has 0 saturated carbocycles. The molecule has 1 aromatic carbocycles. The zero-order valence-corrected chi connectivity index (χ0v) is 17.4. The lowest BCUT2D eigenvalue weighted by molar-refractivity contribution is -0.142. The van der Waals surface area contributed by atoms with Crippen LogP contribution in [0.4, 0.5) is 0 Å². The molecule has 1 heterocycles. The fraction of sp³-hybridized carbons (Fsp3) is 0.500. The van der Waals surface area contributed by atoms with Crippen LogP contribution >= 0.6 is 11.8 Å². The minimum absolute atomic E-state index is 0.251. The molecule has 148 valence electrons. The molecule has 0 spiro atoms. The molecule has 1 aromatic rings. The average Bonchev–Trinajstić information content (AvgIpc) is 2.52. The van der Waals surface area contributed by atoms with Crippen LogP contribution in [0.1, 0.15) is 37.5 Å². The van der Waals surface area contributed by atoms with E-state index in [1.165, 1.54) is 16.7 Å². The third-order valence-electron chi connectivity index (χ3n) is 4.25. The molecule has 1 amide bonds. The molecule has 7 heteroatoms. The van der Waals surface area contributed by atoms with Gasteiger partial charge in [-0.1, -0.05) is 20.8 Å². The van der Waals surface area contributed by atoms with Gasteiger partial charge >= 0.3 is 5.97 Å². The van der Waals surface area contributed by atoms with Crippen molar-refractivity contribution in [2.24, 2.45) is 0 Å². The summed E-state index contributed by atoms with van der Waals surface area (Å²) in [4.78, 5) is 27.4. The average molecular weight is 393 g/mol. The Morgan fingerprint density at radius 3 is 2.56 bits per heavy atom. The van der Waals surface area contributed by atoms with Crippen LogP contribution in [0, 0.1) is 0 Å². The number of nitrogens with zero attached hydrogens (tertiary/aromatic N) is 2. The number of rotatable bonds is 5. The van der Waals surface area contributed by atoms with Gasteiger partial charge in [-0.05, 0) is 43.3 Å². The van der Waals surface area contributed by atoms with E-state index in [0.29, 0.717) is 23.7 Å². The molecule has 2 rings (SSSR count). The summed E-state index contributed by atoms with van der Waals surface area (Å²) >= 11 is 1.44. The first-order chi connectivity index (χ1) is 12.5. The maximum Gasteiger partial charge on any atom is 0.323 e. The highest BCUT2D eigenvalue weighted by Gasteiger charge is 2.26. The summed E-state index contributed by atoms with van der Waals surface area (Å²) in [5.41, 5.74) is 2.21. The number of carbonyl (C=O) groups is 2. The van der Waals surface area contributed by atoms with Gasteiger partial charge in [0.15, 0.2) is 0 Å². The summed E-state index contributed by atoms with van der Waals surface area (Å²) in [6.07, 6.45) is 1.80. The topological polar surface area (TPSA) is 81.1 Å². The smallest absolute Gasteiger partial charge is 0.323 e. The number of hydrogen-bond donors (Lipinski definition) is 2. The van der Waals surface area contributed by atoms with Crippen molar-refractivity contribution >= 4 is 29.7 Å². The Hall–Kier alpha value is -1.99. The van der Waals surface area contributed by atoms with Gasteiger partial charge < -0.3 is 20.0 Å². The maximum atomic E-state index is 12.6. The first-order valence-corrected chi connectivity index (χ1v) is 9.84. The van der Waals surface area contributed by atoms with Gasteiger partial charge in [0.25, 0.3) is 5.91 Å². The number of carboxylic acids is 1. The maximum absolute atomic E-state index is 12.6. The number of carboxylic acid groups (broad SMARTS) is 1. The van der Waals surface area contributed by atoms with E-state index in [0.717, 1.165) is 16.7 Å². The number of amides is 1. The van der Waals surface area contributed by atoms with Gasteiger partial charge in [-0.3, -0.25) is 9.59 Å². The van der Waals surface area contributed by atoms with E-state index in [-0.39, 0.29) is 23.6 Å².